The third kappa shape index (κ3) is 11.3. The molecule has 0 nitrogen and oxygen atoms in total. The fourth-order valence-electron chi connectivity index (χ4n) is 1.84. The number of hydrogen-bond acceptors (Lipinski definition) is 0. The van der Waals surface area contributed by atoms with Crippen LogP contribution in [0, 0.1) is 12.2 Å². The molecule has 0 heterocycles. The zero-order valence-corrected chi connectivity index (χ0v) is 22.0. The Morgan fingerprint density at radius 1 is 0.773 bits per heavy atom. The van der Waals surface area contributed by atoms with Crippen LogP contribution in [0.25, 0.3) is 0 Å². The summed E-state index contributed by atoms with van der Waals surface area (Å²) in [7, 11) is -1.96. The van der Waals surface area contributed by atoms with Crippen molar-refractivity contribution in [1.29, 1.82) is 0 Å². The van der Waals surface area contributed by atoms with Gasteiger partial charge in [-0.1, -0.05) is 39.3 Å². The van der Waals surface area contributed by atoms with Crippen LogP contribution >= 0.6 is 24.8 Å². The zero-order valence-electron chi connectivity index (χ0n) is 14.7. The molecule has 2 aliphatic carbocycles. The molecule has 0 spiro atoms. The van der Waals surface area contributed by atoms with Crippen molar-refractivity contribution in [3.63, 3.8) is 0 Å². The van der Waals surface area contributed by atoms with Gasteiger partial charge < -0.3 is 0 Å². The first-order chi connectivity index (χ1) is 9.21. The standard InChI is InChI=1S/2C8H13Si.CH2.2ClH.Hf/c2*1-9(2,3)8-6-4-5-7-8;;;;/h2*6-7H,4H2,1-3H3;1H2;2*1H;/q2*-1;;;;+2. The van der Waals surface area contributed by atoms with Crippen molar-refractivity contribution >= 4 is 45.2 Å². The van der Waals surface area contributed by atoms with E-state index in [1.54, 1.807) is 10.4 Å². The van der Waals surface area contributed by atoms with E-state index in [-0.39, 0.29) is 24.8 Å². The van der Waals surface area contributed by atoms with Gasteiger partial charge in [0.1, 0.15) is 0 Å². The molecular formula is C17H30Cl2HfSi2. The fourth-order valence-corrected chi connectivity index (χ4v) is 4.34. The molecule has 0 bridgehead atoms. The quantitative estimate of drug-likeness (QED) is 0.302. The van der Waals surface area contributed by atoms with Gasteiger partial charge in [0.15, 0.2) is 0 Å². The predicted molar refractivity (Wildman–Crippen MR) is 109 cm³/mol. The summed E-state index contributed by atoms with van der Waals surface area (Å²) in [5.41, 5.74) is 0. The SMILES string of the molecule is C[Si](C)(C)C1=CC[C-]=C1.C[Si](C)(C)C1=CC[C-]=C1.Cl.Cl.[CH2]=[Hf+2]. The third-order valence-corrected chi connectivity index (χ3v) is 7.29. The Morgan fingerprint density at radius 3 is 1.14 bits per heavy atom. The van der Waals surface area contributed by atoms with Crippen LogP contribution in [0.5, 0.6) is 0 Å². The van der Waals surface area contributed by atoms with Gasteiger partial charge in [0.2, 0.25) is 0 Å². The summed E-state index contributed by atoms with van der Waals surface area (Å²) in [6.45, 7) is 14.2. The van der Waals surface area contributed by atoms with Crippen LogP contribution in [-0.4, -0.2) is 20.4 Å². The van der Waals surface area contributed by atoms with Gasteiger partial charge in [0, 0.05) is 0 Å². The van der Waals surface area contributed by atoms with Gasteiger partial charge >= 0.3 is 28.2 Å². The Labute approximate surface area is 167 Å². The first kappa shape index (κ1) is 27.6. The molecular weight excluding hydrogens is 510 g/mol. The van der Waals surface area contributed by atoms with Crippen molar-refractivity contribution < 1.29 is 23.9 Å². The maximum atomic E-state index is 3.39. The molecule has 0 amide bonds. The number of rotatable bonds is 2. The van der Waals surface area contributed by atoms with Gasteiger partial charge in [0.25, 0.3) is 0 Å². The summed E-state index contributed by atoms with van der Waals surface area (Å²) < 4.78 is 3.39. The fraction of sp³-hybridized carbons (Fsp3) is 0.471. The molecule has 0 atom stereocenters. The van der Waals surface area contributed by atoms with Crippen LogP contribution in [0.2, 0.25) is 39.3 Å². The van der Waals surface area contributed by atoms with Crippen LogP contribution in [0.3, 0.4) is 0 Å². The van der Waals surface area contributed by atoms with Gasteiger partial charge in [-0.15, -0.1) is 37.7 Å². The van der Waals surface area contributed by atoms with E-state index in [4.69, 9.17) is 0 Å². The third-order valence-electron chi connectivity index (χ3n) is 3.13. The molecule has 0 saturated carbocycles. The second-order valence-corrected chi connectivity index (χ2v) is 17.1. The Bertz CT molecular complexity index is 385. The topological polar surface area (TPSA) is 0 Å². The summed E-state index contributed by atoms with van der Waals surface area (Å²) in [6, 6.07) is 0. The Kier molecular flexibility index (Phi) is 16.4. The summed E-state index contributed by atoms with van der Waals surface area (Å²) in [5.74, 6) is 0. The van der Waals surface area contributed by atoms with Crippen LogP contribution in [0.15, 0.2) is 34.7 Å². The molecule has 0 unspecified atom stereocenters. The van der Waals surface area contributed by atoms with E-state index in [0.29, 0.717) is 0 Å². The van der Waals surface area contributed by atoms with Crippen molar-refractivity contribution in [1.82, 2.24) is 0 Å². The molecule has 0 saturated heterocycles. The van der Waals surface area contributed by atoms with E-state index in [0.717, 1.165) is 36.7 Å². The maximum absolute atomic E-state index is 3.39. The van der Waals surface area contributed by atoms with E-state index in [9.17, 15) is 0 Å². The average molecular weight is 540 g/mol. The second kappa shape index (κ2) is 13.1. The molecule has 0 aromatic rings. The van der Waals surface area contributed by atoms with Crippen LogP contribution in [0.4, 0.5) is 0 Å². The van der Waals surface area contributed by atoms with E-state index in [2.05, 4.69) is 80.0 Å². The molecule has 0 N–H and O–H groups in total. The van der Waals surface area contributed by atoms with Crippen molar-refractivity contribution in [3.8, 4) is 0 Å². The van der Waals surface area contributed by atoms with Gasteiger partial charge in [-0.3, -0.25) is 12.2 Å². The zero-order chi connectivity index (χ0) is 15.8. The van der Waals surface area contributed by atoms with Gasteiger partial charge in [-0.25, -0.2) is 22.5 Å². The second-order valence-electron chi connectivity index (χ2n) is 6.92. The molecule has 0 fully saturated rings. The normalized spacial score (nSPS) is 15.3. The van der Waals surface area contributed by atoms with Crippen molar-refractivity contribution in [2.45, 2.75) is 52.1 Å². The molecule has 0 radical (unpaired) electrons. The van der Waals surface area contributed by atoms with Crippen LogP contribution < -0.4 is 0 Å². The van der Waals surface area contributed by atoms with Crippen LogP contribution in [-0.2, 0) is 23.9 Å². The minimum absolute atomic E-state index is 0. The number of allylic oxidation sites excluding steroid dienone is 8. The van der Waals surface area contributed by atoms with Crippen LogP contribution in [0.1, 0.15) is 12.8 Å². The van der Waals surface area contributed by atoms with Gasteiger partial charge in [0.05, 0.1) is 0 Å². The Hall–Kier alpha value is 0.714. The Balaban J connectivity index is -0.000000273. The molecule has 0 aromatic heterocycles. The predicted octanol–water partition coefficient (Wildman–Crippen LogP) is 5.92. The van der Waals surface area contributed by atoms with Crippen molar-refractivity contribution in [2.24, 2.45) is 0 Å². The summed E-state index contributed by atoms with van der Waals surface area (Å²) in [4.78, 5) is 0. The monoisotopic (exact) mass is 540 g/mol. The molecule has 0 aliphatic heterocycles. The van der Waals surface area contributed by atoms with E-state index >= 15 is 0 Å². The minimum atomic E-state index is -0.981. The van der Waals surface area contributed by atoms with E-state index < -0.39 is 16.1 Å². The molecule has 0 aromatic carbocycles. The van der Waals surface area contributed by atoms with Gasteiger partial charge in [-0.05, 0) is 16.1 Å². The Morgan fingerprint density at radius 2 is 1.05 bits per heavy atom. The molecule has 2 aliphatic rings. The van der Waals surface area contributed by atoms with Crippen molar-refractivity contribution in [3.05, 3.63) is 46.8 Å². The molecule has 5 heteroatoms. The average Bonchev–Trinajstić information content (AvgIpc) is 3.04. The summed E-state index contributed by atoms with van der Waals surface area (Å²) in [5, 5.41) is 3.12. The van der Waals surface area contributed by atoms with Crippen molar-refractivity contribution in [2.75, 3.05) is 0 Å². The first-order valence-corrected chi connectivity index (χ1v) is 16.6. The number of halogens is 2. The molecule has 124 valence electrons. The molecule has 22 heavy (non-hydrogen) atoms. The number of hydrogen-bond donors (Lipinski definition) is 0. The first-order valence-electron chi connectivity index (χ1n) is 7.11. The van der Waals surface area contributed by atoms with E-state index in [1.165, 1.54) is 0 Å². The van der Waals surface area contributed by atoms with E-state index in [1.807, 2.05) is 0 Å². The van der Waals surface area contributed by atoms with Gasteiger partial charge in [-0.2, -0.15) is 12.2 Å². The summed E-state index contributed by atoms with van der Waals surface area (Å²) >= 11 is 1.06. The summed E-state index contributed by atoms with van der Waals surface area (Å²) in [6.07, 6.45) is 17.4. The molecule has 2 rings (SSSR count).